The highest BCUT2D eigenvalue weighted by atomic mass is 35.5. The molecule has 0 saturated heterocycles. The number of imide groups is 1. The van der Waals surface area contributed by atoms with E-state index in [-0.39, 0.29) is 12.5 Å². The van der Waals surface area contributed by atoms with Crippen molar-refractivity contribution in [1.82, 2.24) is 9.88 Å². The molecule has 3 rings (SSSR count). The van der Waals surface area contributed by atoms with Crippen LogP contribution in [0.3, 0.4) is 0 Å². The number of carbonyl (C=O) groups excluding carboxylic acids is 2. The van der Waals surface area contributed by atoms with Crippen molar-refractivity contribution in [3.63, 3.8) is 0 Å². The zero-order valence-corrected chi connectivity index (χ0v) is 15.2. The van der Waals surface area contributed by atoms with E-state index in [1.54, 1.807) is 32.9 Å². The molecule has 1 aliphatic rings. The Bertz CT molecular complexity index is 793. The summed E-state index contributed by atoms with van der Waals surface area (Å²) in [4.78, 5) is 31.0. The Kier molecular flexibility index (Phi) is 4.36. The van der Waals surface area contributed by atoms with Gasteiger partial charge in [0.05, 0.1) is 5.69 Å². The van der Waals surface area contributed by atoms with Gasteiger partial charge in [-0.05, 0) is 32.9 Å². The van der Waals surface area contributed by atoms with Gasteiger partial charge in [-0.2, -0.15) is 0 Å². The Balaban J connectivity index is 1.86. The van der Waals surface area contributed by atoms with Gasteiger partial charge in [0.1, 0.15) is 15.5 Å². The Morgan fingerprint density at radius 1 is 1.29 bits per heavy atom. The van der Waals surface area contributed by atoms with Gasteiger partial charge in [-0.15, -0.1) is 11.3 Å². The summed E-state index contributed by atoms with van der Waals surface area (Å²) in [5.74, 6) is -0.344. The van der Waals surface area contributed by atoms with Crippen LogP contribution in [-0.2, 0) is 11.2 Å². The number of hydrogen-bond donors (Lipinski definition) is 0. The minimum Gasteiger partial charge on any atom is -0.443 e. The van der Waals surface area contributed by atoms with Crippen LogP contribution in [0.15, 0.2) is 24.3 Å². The minimum absolute atomic E-state index is 0.282. The number of benzene rings is 1. The third kappa shape index (κ3) is 3.44. The van der Waals surface area contributed by atoms with E-state index >= 15 is 0 Å². The smallest absolute Gasteiger partial charge is 0.417 e. The maximum atomic E-state index is 12.6. The number of halogens is 1. The van der Waals surface area contributed by atoms with Crippen molar-refractivity contribution < 1.29 is 14.3 Å². The molecule has 0 atom stereocenters. The van der Waals surface area contributed by atoms with Crippen molar-refractivity contribution in [2.24, 2.45) is 0 Å². The summed E-state index contributed by atoms with van der Waals surface area (Å²) in [7, 11) is 0. The molecule has 2 amide bonds. The molecular formula is C17H17ClN2O3S. The molecule has 2 aromatic rings. The van der Waals surface area contributed by atoms with Gasteiger partial charge in [-0.25, -0.2) is 14.7 Å². The van der Waals surface area contributed by atoms with Crippen LogP contribution in [-0.4, -0.2) is 34.0 Å². The lowest BCUT2D eigenvalue weighted by atomic mass is 10.1. The Labute approximate surface area is 149 Å². The van der Waals surface area contributed by atoms with Crippen molar-refractivity contribution in [2.45, 2.75) is 32.8 Å². The van der Waals surface area contributed by atoms with Crippen molar-refractivity contribution in [3.05, 3.63) is 39.9 Å². The van der Waals surface area contributed by atoms with Gasteiger partial charge >= 0.3 is 6.09 Å². The zero-order valence-electron chi connectivity index (χ0n) is 13.6. The lowest BCUT2D eigenvalue weighted by molar-refractivity contribution is 0.0235. The number of aromatic nitrogens is 1. The molecule has 0 N–H and O–H groups in total. The number of carbonyl (C=O) groups is 2. The van der Waals surface area contributed by atoms with Crippen LogP contribution in [0.4, 0.5) is 4.79 Å². The summed E-state index contributed by atoms with van der Waals surface area (Å²) in [6.07, 6.45) is -0.0793. The van der Waals surface area contributed by atoms with Crippen LogP contribution in [0, 0.1) is 0 Å². The largest absolute Gasteiger partial charge is 0.443 e. The van der Waals surface area contributed by atoms with Gasteiger partial charge in [-0.3, -0.25) is 4.79 Å². The molecule has 0 aliphatic carbocycles. The third-order valence-electron chi connectivity index (χ3n) is 3.41. The number of rotatable bonds is 1. The van der Waals surface area contributed by atoms with Gasteiger partial charge < -0.3 is 4.74 Å². The first-order chi connectivity index (χ1) is 11.2. The molecule has 24 heavy (non-hydrogen) atoms. The van der Waals surface area contributed by atoms with Crippen LogP contribution in [0.1, 0.15) is 36.1 Å². The number of amides is 2. The topological polar surface area (TPSA) is 59.5 Å². The van der Waals surface area contributed by atoms with Crippen molar-refractivity contribution in [1.29, 1.82) is 0 Å². The Morgan fingerprint density at radius 2 is 1.96 bits per heavy atom. The maximum Gasteiger partial charge on any atom is 0.417 e. The van der Waals surface area contributed by atoms with Crippen molar-refractivity contribution in [3.8, 4) is 10.6 Å². The molecular weight excluding hydrogens is 348 g/mol. The van der Waals surface area contributed by atoms with Crippen molar-refractivity contribution >= 4 is 34.9 Å². The van der Waals surface area contributed by atoms with E-state index in [4.69, 9.17) is 16.3 Å². The summed E-state index contributed by atoms with van der Waals surface area (Å²) in [5.41, 5.74) is 0.991. The summed E-state index contributed by atoms with van der Waals surface area (Å²) in [5, 5.41) is 1.39. The van der Waals surface area contributed by atoms with E-state index in [1.165, 1.54) is 11.3 Å². The van der Waals surface area contributed by atoms with Gasteiger partial charge in [0, 0.05) is 23.6 Å². The SMILES string of the molecule is CC(C)(C)OC(=O)N1CCc2nc(-c3ccc(Cl)cc3)sc2C1=O. The van der Waals surface area contributed by atoms with Crippen LogP contribution in [0.2, 0.25) is 5.02 Å². The molecule has 1 aromatic heterocycles. The first kappa shape index (κ1) is 16.9. The van der Waals surface area contributed by atoms with E-state index in [0.29, 0.717) is 16.3 Å². The second-order valence-electron chi connectivity index (χ2n) is 6.49. The molecule has 0 fully saturated rings. The van der Waals surface area contributed by atoms with Gasteiger partial charge in [-0.1, -0.05) is 23.7 Å². The number of nitrogens with zero attached hydrogens (tertiary/aromatic N) is 2. The minimum atomic E-state index is -0.639. The average molecular weight is 365 g/mol. The Morgan fingerprint density at radius 3 is 2.58 bits per heavy atom. The summed E-state index contributed by atoms with van der Waals surface area (Å²) >= 11 is 7.19. The summed E-state index contributed by atoms with van der Waals surface area (Å²) in [6.45, 7) is 5.60. The van der Waals surface area contributed by atoms with Crippen LogP contribution < -0.4 is 0 Å². The van der Waals surface area contributed by atoms with Gasteiger partial charge in [0.15, 0.2) is 0 Å². The number of ether oxygens (including phenoxy) is 1. The first-order valence-electron chi connectivity index (χ1n) is 7.55. The van der Waals surface area contributed by atoms with Crippen LogP contribution in [0.25, 0.3) is 10.6 Å². The van der Waals surface area contributed by atoms with Gasteiger partial charge in [0.2, 0.25) is 0 Å². The normalized spacial score (nSPS) is 14.5. The highest BCUT2D eigenvalue weighted by Crippen LogP contribution is 2.32. The highest BCUT2D eigenvalue weighted by molar-refractivity contribution is 7.17. The second-order valence-corrected chi connectivity index (χ2v) is 7.92. The van der Waals surface area contributed by atoms with E-state index in [2.05, 4.69) is 4.98 Å². The predicted octanol–water partition coefficient (Wildman–Crippen LogP) is 4.40. The summed E-state index contributed by atoms with van der Waals surface area (Å²) in [6, 6.07) is 7.30. The lowest BCUT2D eigenvalue weighted by Gasteiger charge is -2.27. The fourth-order valence-corrected chi connectivity index (χ4v) is 3.53. The maximum absolute atomic E-state index is 12.6. The summed E-state index contributed by atoms with van der Waals surface area (Å²) < 4.78 is 5.30. The molecule has 0 bridgehead atoms. The molecule has 7 heteroatoms. The highest BCUT2D eigenvalue weighted by Gasteiger charge is 2.34. The first-order valence-corrected chi connectivity index (χ1v) is 8.74. The number of thiazole rings is 1. The monoisotopic (exact) mass is 364 g/mol. The molecule has 1 aliphatic heterocycles. The number of fused-ring (bicyclic) bond motifs is 1. The standard InChI is InChI=1S/C17H17ClN2O3S/c1-17(2,3)23-16(22)20-9-8-12-13(15(20)21)24-14(19-12)10-4-6-11(18)7-5-10/h4-7H,8-9H2,1-3H3. The molecule has 0 unspecified atom stereocenters. The molecule has 0 spiro atoms. The quantitative estimate of drug-likeness (QED) is 0.752. The zero-order chi connectivity index (χ0) is 17.5. The third-order valence-corrected chi connectivity index (χ3v) is 4.80. The average Bonchev–Trinajstić information content (AvgIpc) is 2.91. The molecule has 126 valence electrons. The van der Waals surface area contributed by atoms with Crippen molar-refractivity contribution in [2.75, 3.05) is 6.54 Å². The van der Waals surface area contributed by atoms with Gasteiger partial charge in [0.25, 0.3) is 5.91 Å². The Hall–Kier alpha value is -1.92. The second kappa shape index (κ2) is 6.18. The van der Waals surface area contributed by atoms with E-state index in [1.807, 2.05) is 12.1 Å². The molecule has 1 aromatic carbocycles. The molecule has 5 nitrogen and oxygen atoms in total. The van der Waals surface area contributed by atoms with E-state index < -0.39 is 11.7 Å². The fraction of sp³-hybridized carbons (Fsp3) is 0.353. The molecule has 0 radical (unpaired) electrons. The van der Waals surface area contributed by atoms with Crippen LogP contribution >= 0.6 is 22.9 Å². The van der Waals surface area contributed by atoms with Crippen LogP contribution in [0.5, 0.6) is 0 Å². The van der Waals surface area contributed by atoms with E-state index in [0.717, 1.165) is 21.2 Å². The lowest BCUT2D eigenvalue weighted by Crippen LogP contribution is -2.44. The molecule has 0 saturated carbocycles. The number of hydrogen-bond acceptors (Lipinski definition) is 5. The van der Waals surface area contributed by atoms with E-state index in [9.17, 15) is 9.59 Å². The predicted molar refractivity (Wildman–Crippen MR) is 93.5 cm³/mol. The molecule has 2 heterocycles. The fourth-order valence-electron chi connectivity index (χ4n) is 2.34.